The summed E-state index contributed by atoms with van der Waals surface area (Å²) in [4.78, 5) is 6.69. The van der Waals surface area contributed by atoms with Gasteiger partial charge in [-0.05, 0) is 24.3 Å². The van der Waals surface area contributed by atoms with Crippen LogP contribution in [0.5, 0.6) is 0 Å². The van der Waals surface area contributed by atoms with Crippen LogP contribution in [0.15, 0.2) is 43.0 Å². The number of anilines is 2. The number of fused-ring (bicyclic) bond motifs is 1. The van der Waals surface area contributed by atoms with Gasteiger partial charge < -0.3 is 10.6 Å². The van der Waals surface area contributed by atoms with Crippen molar-refractivity contribution in [3.8, 4) is 0 Å². The highest BCUT2D eigenvalue weighted by Gasteiger charge is 2.11. The summed E-state index contributed by atoms with van der Waals surface area (Å²) in [7, 11) is 1.92. The zero-order valence-electron chi connectivity index (χ0n) is 10.8. The molecule has 7 heteroatoms. The third-order valence-corrected chi connectivity index (χ3v) is 3.29. The third kappa shape index (κ3) is 2.08. The molecule has 3 aromatic rings. The Morgan fingerprint density at radius 1 is 1.30 bits per heavy atom. The van der Waals surface area contributed by atoms with E-state index >= 15 is 0 Å². The first-order valence-electron chi connectivity index (χ1n) is 5.95. The van der Waals surface area contributed by atoms with Crippen molar-refractivity contribution in [1.82, 2.24) is 19.6 Å². The first-order valence-corrected chi connectivity index (χ1v) is 6.35. The fraction of sp³-hybridized carbons (Fsp3) is 0.0769. The third-order valence-electron chi connectivity index (χ3n) is 3.05. The molecule has 0 spiro atoms. The number of thiocarbonyl (C=S) groups is 1. The number of nitrogens with zero attached hydrogens (tertiary/aromatic N) is 5. The molecule has 0 amide bonds. The summed E-state index contributed by atoms with van der Waals surface area (Å²) in [6.07, 6.45) is 5.17. The van der Waals surface area contributed by atoms with Gasteiger partial charge in [0.2, 0.25) is 5.65 Å². The van der Waals surface area contributed by atoms with Gasteiger partial charge in [-0.2, -0.15) is 0 Å². The van der Waals surface area contributed by atoms with Gasteiger partial charge in [0.25, 0.3) is 0 Å². The van der Waals surface area contributed by atoms with E-state index in [1.54, 1.807) is 12.5 Å². The standard InChI is InChI=1S/C13H12N6S/c1-18(10-4-2-9(3-5-10)11(14)20)12-13-17-16-8-19(13)7-6-15-12/h2-8H,1H3,(H2,14,20). The van der Waals surface area contributed by atoms with E-state index in [2.05, 4.69) is 15.2 Å². The van der Waals surface area contributed by atoms with Gasteiger partial charge in [0.15, 0.2) is 5.82 Å². The summed E-state index contributed by atoms with van der Waals surface area (Å²) in [6, 6.07) is 7.66. The molecule has 0 radical (unpaired) electrons. The number of rotatable bonds is 3. The molecular weight excluding hydrogens is 272 g/mol. The second-order valence-corrected chi connectivity index (χ2v) is 4.72. The van der Waals surface area contributed by atoms with Gasteiger partial charge >= 0.3 is 0 Å². The van der Waals surface area contributed by atoms with E-state index in [9.17, 15) is 0 Å². The maximum absolute atomic E-state index is 5.60. The highest BCUT2D eigenvalue weighted by Crippen LogP contribution is 2.24. The van der Waals surface area contributed by atoms with Gasteiger partial charge in [-0.25, -0.2) is 4.98 Å². The van der Waals surface area contributed by atoms with Crippen LogP contribution in [0.1, 0.15) is 5.56 Å². The molecule has 6 nitrogen and oxygen atoms in total. The molecule has 0 saturated carbocycles. The minimum atomic E-state index is 0.386. The molecule has 1 aromatic carbocycles. The van der Waals surface area contributed by atoms with Crippen LogP contribution in [0.25, 0.3) is 5.65 Å². The fourth-order valence-corrected chi connectivity index (χ4v) is 2.09. The van der Waals surface area contributed by atoms with Crippen LogP contribution in [-0.4, -0.2) is 31.6 Å². The Bertz CT molecular complexity index is 764. The molecule has 0 aliphatic carbocycles. The Hall–Kier alpha value is -2.54. The first-order chi connectivity index (χ1) is 9.66. The van der Waals surface area contributed by atoms with Crippen LogP contribution >= 0.6 is 12.2 Å². The number of nitrogens with two attached hydrogens (primary N) is 1. The predicted molar refractivity (Wildman–Crippen MR) is 81.2 cm³/mol. The molecule has 2 heterocycles. The van der Waals surface area contributed by atoms with Crippen LogP contribution in [0.4, 0.5) is 11.5 Å². The maximum Gasteiger partial charge on any atom is 0.204 e. The van der Waals surface area contributed by atoms with E-state index < -0.39 is 0 Å². The second-order valence-electron chi connectivity index (χ2n) is 4.28. The lowest BCUT2D eigenvalue weighted by atomic mass is 10.2. The lowest BCUT2D eigenvalue weighted by Crippen LogP contribution is -2.14. The Labute approximate surface area is 120 Å². The van der Waals surface area contributed by atoms with Crippen LogP contribution in [0.3, 0.4) is 0 Å². The summed E-state index contributed by atoms with van der Waals surface area (Å²) < 4.78 is 1.82. The van der Waals surface area contributed by atoms with E-state index in [0.29, 0.717) is 10.6 Å². The summed E-state index contributed by atoms with van der Waals surface area (Å²) >= 11 is 4.95. The Balaban J connectivity index is 2.01. The Morgan fingerprint density at radius 3 is 2.75 bits per heavy atom. The smallest absolute Gasteiger partial charge is 0.204 e. The molecule has 0 aliphatic rings. The van der Waals surface area contributed by atoms with Crippen molar-refractivity contribution in [3.63, 3.8) is 0 Å². The van der Waals surface area contributed by atoms with Gasteiger partial charge in [0.05, 0.1) is 0 Å². The van der Waals surface area contributed by atoms with Gasteiger partial charge in [-0.15, -0.1) is 10.2 Å². The average molecular weight is 284 g/mol. The first kappa shape index (κ1) is 12.5. The quantitative estimate of drug-likeness (QED) is 0.735. The van der Waals surface area contributed by atoms with Gasteiger partial charge in [-0.1, -0.05) is 12.2 Å². The summed E-state index contributed by atoms with van der Waals surface area (Å²) in [5.74, 6) is 0.730. The van der Waals surface area contributed by atoms with E-state index in [1.165, 1.54) is 0 Å². The maximum atomic E-state index is 5.60. The van der Waals surface area contributed by atoms with Crippen molar-refractivity contribution in [2.45, 2.75) is 0 Å². The largest absolute Gasteiger partial charge is 0.389 e. The Kier molecular flexibility index (Phi) is 3.03. The van der Waals surface area contributed by atoms with Crippen molar-refractivity contribution in [2.75, 3.05) is 11.9 Å². The van der Waals surface area contributed by atoms with Crippen LogP contribution in [0.2, 0.25) is 0 Å². The lowest BCUT2D eigenvalue weighted by Gasteiger charge is -2.18. The lowest BCUT2D eigenvalue weighted by molar-refractivity contribution is 1.07. The molecule has 0 fully saturated rings. The Morgan fingerprint density at radius 2 is 2.05 bits per heavy atom. The van der Waals surface area contributed by atoms with Crippen molar-refractivity contribution >= 4 is 34.4 Å². The minimum Gasteiger partial charge on any atom is -0.389 e. The summed E-state index contributed by atoms with van der Waals surface area (Å²) in [5.41, 5.74) is 8.10. The van der Waals surface area contributed by atoms with E-state index in [0.717, 1.165) is 17.1 Å². The van der Waals surface area contributed by atoms with Crippen molar-refractivity contribution < 1.29 is 0 Å². The minimum absolute atomic E-state index is 0.386. The molecule has 2 N–H and O–H groups in total. The molecule has 3 rings (SSSR count). The zero-order valence-corrected chi connectivity index (χ0v) is 11.6. The predicted octanol–water partition coefficient (Wildman–Crippen LogP) is 1.53. The zero-order chi connectivity index (χ0) is 14.1. The molecule has 100 valence electrons. The summed E-state index contributed by atoms with van der Waals surface area (Å²) in [5, 5.41) is 7.97. The average Bonchev–Trinajstić information content (AvgIpc) is 2.95. The van der Waals surface area contributed by atoms with Crippen molar-refractivity contribution in [2.24, 2.45) is 5.73 Å². The van der Waals surface area contributed by atoms with E-state index in [4.69, 9.17) is 18.0 Å². The molecule has 0 atom stereocenters. The van der Waals surface area contributed by atoms with Crippen LogP contribution < -0.4 is 10.6 Å². The van der Waals surface area contributed by atoms with E-state index in [1.807, 2.05) is 46.8 Å². The van der Waals surface area contributed by atoms with Gasteiger partial charge in [0.1, 0.15) is 11.3 Å². The highest BCUT2D eigenvalue weighted by molar-refractivity contribution is 7.80. The second kappa shape index (κ2) is 4.86. The van der Waals surface area contributed by atoms with Crippen molar-refractivity contribution in [3.05, 3.63) is 48.5 Å². The molecule has 2 aromatic heterocycles. The summed E-state index contributed by atoms with van der Waals surface area (Å²) in [6.45, 7) is 0. The number of aromatic nitrogens is 4. The molecule has 20 heavy (non-hydrogen) atoms. The number of hydrogen-bond acceptors (Lipinski definition) is 5. The number of hydrogen-bond donors (Lipinski definition) is 1. The monoisotopic (exact) mass is 284 g/mol. The van der Waals surface area contributed by atoms with Crippen molar-refractivity contribution in [1.29, 1.82) is 0 Å². The molecular formula is C13H12N6S. The fourth-order valence-electron chi connectivity index (χ4n) is 1.95. The topological polar surface area (TPSA) is 72.3 Å². The van der Waals surface area contributed by atoms with Crippen LogP contribution in [-0.2, 0) is 0 Å². The molecule has 0 unspecified atom stereocenters. The van der Waals surface area contributed by atoms with Crippen LogP contribution in [0, 0.1) is 0 Å². The highest BCUT2D eigenvalue weighted by atomic mass is 32.1. The SMILES string of the molecule is CN(c1ccc(C(N)=S)cc1)c1nccn2cnnc12. The van der Waals surface area contributed by atoms with Gasteiger partial charge in [0, 0.05) is 30.7 Å². The molecule has 0 saturated heterocycles. The molecule has 0 aliphatic heterocycles. The molecule has 0 bridgehead atoms. The normalized spacial score (nSPS) is 10.7. The van der Waals surface area contributed by atoms with E-state index in [-0.39, 0.29) is 0 Å². The number of benzene rings is 1. The van der Waals surface area contributed by atoms with Gasteiger partial charge in [-0.3, -0.25) is 4.40 Å².